The molecule has 2 bridgehead atoms. The zero-order chi connectivity index (χ0) is 13.4. The third-order valence-electron chi connectivity index (χ3n) is 5.66. The third kappa shape index (κ3) is 3.48. The quantitative estimate of drug-likeness (QED) is 0.869. The van der Waals surface area contributed by atoms with Crippen molar-refractivity contribution in [3.05, 3.63) is 0 Å². The smallest absolute Gasteiger partial charge is 0.222 e. The van der Waals surface area contributed by atoms with Gasteiger partial charge in [-0.05, 0) is 50.4 Å². The van der Waals surface area contributed by atoms with Crippen molar-refractivity contribution in [1.29, 1.82) is 0 Å². The molecule has 116 valence electrons. The number of nitrogens with zero attached hydrogens (tertiary/aromatic N) is 1. The number of carbonyl (C=O) groups excluding carboxylic acids is 1. The Kier molecular flexibility index (Phi) is 5.36. The maximum Gasteiger partial charge on any atom is 0.222 e. The Labute approximate surface area is 129 Å². The maximum atomic E-state index is 12.4. The molecule has 3 aliphatic rings. The van der Waals surface area contributed by atoms with Crippen molar-refractivity contribution in [3.63, 3.8) is 0 Å². The van der Waals surface area contributed by atoms with Crippen molar-refractivity contribution >= 4 is 18.3 Å². The van der Waals surface area contributed by atoms with Crippen LogP contribution in [0.3, 0.4) is 0 Å². The molecule has 3 rings (SSSR count). The Morgan fingerprint density at radius 1 is 1.10 bits per heavy atom. The molecule has 3 nitrogen and oxygen atoms in total. The highest BCUT2D eigenvalue weighted by atomic mass is 35.5. The molecule has 0 aromatic heterocycles. The van der Waals surface area contributed by atoms with Crippen LogP contribution in [0.15, 0.2) is 0 Å². The van der Waals surface area contributed by atoms with E-state index in [-0.39, 0.29) is 12.4 Å². The second-order valence-electron chi connectivity index (χ2n) is 7.26. The molecule has 1 saturated carbocycles. The lowest BCUT2D eigenvalue weighted by molar-refractivity contribution is -0.133. The monoisotopic (exact) mass is 300 g/mol. The van der Waals surface area contributed by atoms with Gasteiger partial charge >= 0.3 is 0 Å². The van der Waals surface area contributed by atoms with Crippen LogP contribution in [-0.2, 0) is 4.79 Å². The van der Waals surface area contributed by atoms with E-state index in [1.807, 2.05) is 7.05 Å². The van der Waals surface area contributed by atoms with E-state index in [2.05, 4.69) is 17.1 Å². The van der Waals surface area contributed by atoms with Crippen molar-refractivity contribution in [3.8, 4) is 0 Å². The molecule has 0 aromatic rings. The summed E-state index contributed by atoms with van der Waals surface area (Å²) in [7, 11) is 2.04. The van der Waals surface area contributed by atoms with E-state index < -0.39 is 0 Å². The molecule has 1 N–H and O–H groups in total. The van der Waals surface area contributed by atoms with Gasteiger partial charge in [0.2, 0.25) is 5.91 Å². The summed E-state index contributed by atoms with van der Waals surface area (Å²) in [6, 6.07) is 1.83. The highest BCUT2D eigenvalue weighted by Gasteiger charge is 2.36. The minimum absolute atomic E-state index is 0. The van der Waals surface area contributed by atoms with E-state index in [1.165, 1.54) is 44.9 Å². The molecule has 4 atom stereocenters. The predicted molar refractivity (Wildman–Crippen MR) is 84.1 cm³/mol. The number of amides is 1. The van der Waals surface area contributed by atoms with E-state index in [4.69, 9.17) is 0 Å². The molecule has 0 radical (unpaired) electrons. The molecule has 1 aliphatic carbocycles. The molecule has 4 heteroatoms. The highest BCUT2D eigenvalue weighted by molar-refractivity contribution is 5.85. The van der Waals surface area contributed by atoms with Crippen LogP contribution in [0.4, 0.5) is 0 Å². The SMILES string of the molecule is CC1CCC(CC(=O)N(C)C2CC3CCC(C2)N3)C1.Cl. The lowest BCUT2D eigenvalue weighted by Gasteiger charge is -2.36. The van der Waals surface area contributed by atoms with Gasteiger partial charge in [0.25, 0.3) is 0 Å². The lowest BCUT2D eigenvalue weighted by Crippen LogP contribution is -2.48. The molecule has 2 saturated heterocycles. The summed E-state index contributed by atoms with van der Waals surface area (Å²) in [4.78, 5) is 14.5. The van der Waals surface area contributed by atoms with E-state index in [1.54, 1.807) is 0 Å². The highest BCUT2D eigenvalue weighted by Crippen LogP contribution is 2.34. The Bertz CT molecular complexity index is 337. The molecule has 2 aliphatic heterocycles. The largest absolute Gasteiger partial charge is 0.343 e. The first-order chi connectivity index (χ1) is 9.11. The summed E-state index contributed by atoms with van der Waals surface area (Å²) in [5.41, 5.74) is 0. The fourth-order valence-corrected chi connectivity index (χ4v) is 4.45. The van der Waals surface area contributed by atoms with Crippen LogP contribution in [0, 0.1) is 11.8 Å². The van der Waals surface area contributed by atoms with Gasteiger partial charge in [-0.3, -0.25) is 4.79 Å². The minimum atomic E-state index is 0. The minimum Gasteiger partial charge on any atom is -0.343 e. The van der Waals surface area contributed by atoms with Gasteiger partial charge in [-0.1, -0.05) is 13.3 Å². The van der Waals surface area contributed by atoms with Gasteiger partial charge in [-0.2, -0.15) is 0 Å². The first kappa shape index (κ1) is 16.1. The average Bonchev–Trinajstić information content (AvgIpc) is 2.94. The second-order valence-corrected chi connectivity index (χ2v) is 7.26. The van der Waals surface area contributed by atoms with Crippen molar-refractivity contribution in [2.75, 3.05) is 7.05 Å². The summed E-state index contributed by atoms with van der Waals surface area (Å²) in [5.74, 6) is 1.88. The normalized spacial score (nSPS) is 39.4. The number of rotatable bonds is 3. The number of fused-ring (bicyclic) bond motifs is 2. The van der Waals surface area contributed by atoms with Gasteiger partial charge in [-0.15, -0.1) is 12.4 Å². The fourth-order valence-electron chi connectivity index (χ4n) is 4.45. The molecule has 0 aromatic carbocycles. The van der Waals surface area contributed by atoms with Gasteiger partial charge in [0.15, 0.2) is 0 Å². The predicted octanol–water partition coefficient (Wildman–Crippen LogP) is 2.98. The van der Waals surface area contributed by atoms with Gasteiger partial charge < -0.3 is 10.2 Å². The maximum absolute atomic E-state index is 12.4. The van der Waals surface area contributed by atoms with Crippen LogP contribution in [0.5, 0.6) is 0 Å². The molecular formula is C16H29ClN2O. The summed E-state index contributed by atoms with van der Waals surface area (Å²) < 4.78 is 0. The third-order valence-corrected chi connectivity index (χ3v) is 5.66. The lowest BCUT2D eigenvalue weighted by atomic mass is 9.96. The Morgan fingerprint density at radius 2 is 1.75 bits per heavy atom. The number of hydrogen-bond donors (Lipinski definition) is 1. The van der Waals surface area contributed by atoms with Crippen LogP contribution in [0.2, 0.25) is 0 Å². The first-order valence-corrected chi connectivity index (χ1v) is 8.13. The Hall–Kier alpha value is -0.280. The topological polar surface area (TPSA) is 32.3 Å². The fraction of sp³-hybridized carbons (Fsp3) is 0.938. The zero-order valence-electron chi connectivity index (χ0n) is 12.8. The summed E-state index contributed by atoms with van der Waals surface area (Å²) in [6.45, 7) is 2.32. The van der Waals surface area contributed by atoms with Crippen molar-refractivity contribution in [1.82, 2.24) is 10.2 Å². The second kappa shape index (κ2) is 6.65. The zero-order valence-corrected chi connectivity index (χ0v) is 13.6. The van der Waals surface area contributed by atoms with Crippen molar-refractivity contribution in [2.24, 2.45) is 11.8 Å². The number of halogens is 1. The van der Waals surface area contributed by atoms with E-state index >= 15 is 0 Å². The van der Waals surface area contributed by atoms with Crippen LogP contribution in [-0.4, -0.2) is 36.0 Å². The Balaban J connectivity index is 0.00000147. The van der Waals surface area contributed by atoms with Gasteiger partial charge in [0.05, 0.1) is 0 Å². The van der Waals surface area contributed by atoms with Crippen LogP contribution in [0.25, 0.3) is 0 Å². The molecule has 0 spiro atoms. The van der Waals surface area contributed by atoms with Gasteiger partial charge in [0.1, 0.15) is 0 Å². The van der Waals surface area contributed by atoms with Gasteiger partial charge in [0, 0.05) is 31.6 Å². The van der Waals surface area contributed by atoms with E-state index in [9.17, 15) is 4.79 Å². The van der Waals surface area contributed by atoms with E-state index in [0.717, 1.165) is 12.3 Å². The Morgan fingerprint density at radius 3 is 2.30 bits per heavy atom. The molecule has 20 heavy (non-hydrogen) atoms. The summed E-state index contributed by atoms with van der Waals surface area (Å²) >= 11 is 0. The first-order valence-electron chi connectivity index (χ1n) is 8.13. The van der Waals surface area contributed by atoms with Crippen LogP contribution in [0.1, 0.15) is 58.3 Å². The number of hydrogen-bond acceptors (Lipinski definition) is 2. The standard InChI is InChI=1S/C16H28N2O.ClH/c1-11-3-4-12(7-11)8-16(19)18(2)15-9-13-5-6-14(10-15)17-13;/h11-15,17H,3-10H2,1-2H3;1H. The number of carbonyl (C=O) groups is 1. The summed E-state index contributed by atoms with van der Waals surface area (Å²) in [5, 5.41) is 3.66. The average molecular weight is 301 g/mol. The molecule has 3 fully saturated rings. The molecule has 1 amide bonds. The number of piperidine rings is 1. The van der Waals surface area contributed by atoms with E-state index in [0.29, 0.717) is 30.0 Å². The van der Waals surface area contributed by atoms with Crippen LogP contribution < -0.4 is 5.32 Å². The molecular weight excluding hydrogens is 272 g/mol. The summed E-state index contributed by atoms with van der Waals surface area (Å²) in [6.07, 6.45) is 9.58. The van der Waals surface area contributed by atoms with Crippen molar-refractivity contribution < 1.29 is 4.79 Å². The molecule has 2 heterocycles. The molecule has 4 unspecified atom stereocenters. The van der Waals surface area contributed by atoms with Crippen molar-refractivity contribution in [2.45, 2.75) is 76.4 Å². The number of nitrogens with one attached hydrogen (secondary N) is 1. The van der Waals surface area contributed by atoms with Gasteiger partial charge in [-0.25, -0.2) is 0 Å². The van der Waals surface area contributed by atoms with Crippen LogP contribution >= 0.6 is 12.4 Å².